The monoisotopic (exact) mass is 286 g/mol. The second-order valence-corrected chi connectivity index (χ2v) is 5.63. The Balaban J connectivity index is 1.97. The van der Waals surface area contributed by atoms with Crippen molar-refractivity contribution in [2.75, 3.05) is 0 Å². The van der Waals surface area contributed by atoms with Gasteiger partial charge in [-0.3, -0.25) is 0 Å². The number of nitrogens with two attached hydrogens (primary N) is 1. The molecule has 1 aliphatic rings. The van der Waals surface area contributed by atoms with Gasteiger partial charge < -0.3 is 11.1 Å². The van der Waals surface area contributed by atoms with Gasteiger partial charge in [0.1, 0.15) is 0 Å². The first-order valence-electron chi connectivity index (χ1n) is 7.05. The molecular formula is C15H21F3N2. The minimum absolute atomic E-state index is 0.0348. The van der Waals surface area contributed by atoms with Gasteiger partial charge in [-0.05, 0) is 43.9 Å². The fourth-order valence-corrected chi connectivity index (χ4v) is 2.79. The van der Waals surface area contributed by atoms with E-state index in [-0.39, 0.29) is 12.1 Å². The molecule has 0 bridgehead atoms. The summed E-state index contributed by atoms with van der Waals surface area (Å²) in [4.78, 5) is 0. The van der Waals surface area contributed by atoms with Crippen LogP contribution in [0.15, 0.2) is 24.3 Å². The molecular weight excluding hydrogens is 265 g/mol. The molecule has 1 fully saturated rings. The predicted octanol–water partition coefficient (Wildman–Crippen LogP) is 3.63. The molecule has 20 heavy (non-hydrogen) atoms. The normalized spacial score (nSPS) is 25.4. The third kappa shape index (κ3) is 3.96. The van der Waals surface area contributed by atoms with Gasteiger partial charge in [0.2, 0.25) is 0 Å². The van der Waals surface area contributed by atoms with Crippen LogP contribution in [-0.4, -0.2) is 12.1 Å². The Kier molecular flexibility index (Phi) is 4.70. The lowest BCUT2D eigenvalue weighted by Crippen LogP contribution is -2.40. The molecule has 112 valence electrons. The van der Waals surface area contributed by atoms with Crippen molar-refractivity contribution < 1.29 is 13.2 Å². The molecule has 2 nitrogen and oxygen atoms in total. The number of nitrogens with one attached hydrogen (secondary N) is 1. The molecule has 0 aromatic heterocycles. The standard InChI is InChI=1S/C15H21F3N2/c1-10(20-14-4-2-3-13(19)9-14)11-5-7-12(8-6-11)15(16,17)18/h5-8,10,13-14,20H,2-4,9,19H2,1H3. The van der Waals surface area contributed by atoms with Gasteiger partial charge >= 0.3 is 6.18 Å². The maximum atomic E-state index is 12.5. The SMILES string of the molecule is CC(NC1CCCC(N)C1)c1ccc(C(F)(F)F)cc1. The van der Waals surface area contributed by atoms with Crippen molar-refractivity contribution in [3.8, 4) is 0 Å². The van der Waals surface area contributed by atoms with Gasteiger partial charge in [0.25, 0.3) is 0 Å². The molecule has 0 spiro atoms. The molecule has 3 atom stereocenters. The lowest BCUT2D eigenvalue weighted by atomic mass is 9.90. The molecule has 0 heterocycles. The lowest BCUT2D eigenvalue weighted by molar-refractivity contribution is -0.137. The van der Waals surface area contributed by atoms with Gasteiger partial charge in [0, 0.05) is 18.1 Å². The Morgan fingerprint density at radius 1 is 1.20 bits per heavy atom. The first-order chi connectivity index (χ1) is 9.36. The summed E-state index contributed by atoms with van der Waals surface area (Å²) < 4.78 is 37.5. The highest BCUT2D eigenvalue weighted by Crippen LogP contribution is 2.30. The predicted molar refractivity (Wildman–Crippen MR) is 73.2 cm³/mol. The van der Waals surface area contributed by atoms with Crippen LogP contribution in [0.25, 0.3) is 0 Å². The van der Waals surface area contributed by atoms with Crippen molar-refractivity contribution in [2.24, 2.45) is 5.73 Å². The van der Waals surface area contributed by atoms with Crippen LogP contribution in [-0.2, 0) is 6.18 Å². The van der Waals surface area contributed by atoms with Crippen LogP contribution in [0.1, 0.15) is 49.8 Å². The number of alkyl halides is 3. The maximum Gasteiger partial charge on any atom is 0.416 e. The van der Waals surface area contributed by atoms with Gasteiger partial charge in [-0.25, -0.2) is 0 Å². The fraction of sp³-hybridized carbons (Fsp3) is 0.600. The zero-order valence-electron chi connectivity index (χ0n) is 11.6. The van der Waals surface area contributed by atoms with Crippen molar-refractivity contribution in [3.63, 3.8) is 0 Å². The van der Waals surface area contributed by atoms with Crippen molar-refractivity contribution in [2.45, 2.75) is 56.9 Å². The second kappa shape index (κ2) is 6.14. The molecule has 0 amide bonds. The van der Waals surface area contributed by atoms with E-state index in [1.54, 1.807) is 12.1 Å². The molecule has 0 aliphatic heterocycles. The summed E-state index contributed by atoms with van der Waals surface area (Å²) in [5.41, 5.74) is 6.21. The van der Waals surface area contributed by atoms with Crippen LogP contribution in [0.4, 0.5) is 13.2 Å². The second-order valence-electron chi connectivity index (χ2n) is 5.63. The van der Waals surface area contributed by atoms with Crippen LogP contribution >= 0.6 is 0 Å². The van der Waals surface area contributed by atoms with Crippen LogP contribution < -0.4 is 11.1 Å². The minimum Gasteiger partial charge on any atom is -0.328 e. The van der Waals surface area contributed by atoms with Crippen LogP contribution in [0.3, 0.4) is 0 Å². The van der Waals surface area contributed by atoms with Crippen molar-refractivity contribution >= 4 is 0 Å². The fourth-order valence-electron chi connectivity index (χ4n) is 2.79. The summed E-state index contributed by atoms with van der Waals surface area (Å²) in [7, 11) is 0. The third-order valence-electron chi connectivity index (χ3n) is 3.94. The van der Waals surface area contributed by atoms with Gasteiger partial charge in [-0.2, -0.15) is 13.2 Å². The van der Waals surface area contributed by atoms with Crippen LogP contribution in [0.2, 0.25) is 0 Å². The minimum atomic E-state index is -4.27. The maximum absolute atomic E-state index is 12.5. The Morgan fingerprint density at radius 2 is 1.85 bits per heavy atom. The average Bonchev–Trinajstić information content (AvgIpc) is 2.38. The molecule has 0 radical (unpaired) electrons. The van der Waals surface area contributed by atoms with E-state index in [1.165, 1.54) is 0 Å². The van der Waals surface area contributed by atoms with Crippen LogP contribution in [0.5, 0.6) is 0 Å². The number of halogens is 3. The Bertz CT molecular complexity index is 428. The highest BCUT2D eigenvalue weighted by Gasteiger charge is 2.30. The molecule has 0 saturated heterocycles. The highest BCUT2D eigenvalue weighted by molar-refractivity contribution is 5.26. The smallest absolute Gasteiger partial charge is 0.328 e. The van der Waals surface area contributed by atoms with E-state index in [2.05, 4.69) is 5.32 Å². The largest absolute Gasteiger partial charge is 0.416 e. The Morgan fingerprint density at radius 3 is 2.40 bits per heavy atom. The quantitative estimate of drug-likeness (QED) is 0.890. The Labute approximate surface area is 117 Å². The Hall–Kier alpha value is -1.07. The first-order valence-corrected chi connectivity index (χ1v) is 7.05. The topological polar surface area (TPSA) is 38.0 Å². The lowest BCUT2D eigenvalue weighted by Gasteiger charge is -2.30. The first kappa shape index (κ1) is 15.3. The molecule has 1 aliphatic carbocycles. The summed E-state index contributed by atoms with van der Waals surface area (Å²) in [6, 6.07) is 6.00. The summed E-state index contributed by atoms with van der Waals surface area (Å²) in [6.45, 7) is 1.97. The number of benzene rings is 1. The molecule has 3 unspecified atom stereocenters. The van der Waals surface area contributed by atoms with E-state index < -0.39 is 11.7 Å². The summed E-state index contributed by atoms with van der Waals surface area (Å²) >= 11 is 0. The summed E-state index contributed by atoms with van der Waals surface area (Å²) in [5, 5.41) is 3.46. The van der Waals surface area contributed by atoms with Crippen molar-refractivity contribution in [1.82, 2.24) is 5.32 Å². The van der Waals surface area contributed by atoms with Crippen molar-refractivity contribution in [1.29, 1.82) is 0 Å². The number of hydrogen-bond donors (Lipinski definition) is 2. The zero-order valence-corrected chi connectivity index (χ0v) is 11.6. The van der Waals surface area contributed by atoms with E-state index in [0.717, 1.165) is 43.4 Å². The number of rotatable bonds is 3. The summed E-state index contributed by atoms with van der Waals surface area (Å²) in [6.07, 6.45) is -0.0829. The van der Waals surface area contributed by atoms with E-state index in [0.29, 0.717) is 6.04 Å². The molecule has 3 N–H and O–H groups in total. The van der Waals surface area contributed by atoms with Gasteiger partial charge in [-0.15, -0.1) is 0 Å². The van der Waals surface area contributed by atoms with Crippen LogP contribution in [0, 0.1) is 0 Å². The molecule has 5 heteroatoms. The average molecular weight is 286 g/mol. The number of hydrogen-bond acceptors (Lipinski definition) is 2. The van der Waals surface area contributed by atoms with Gasteiger partial charge in [0.05, 0.1) is 5.56 Å². The zero-order chi connectivity index (χ0) is 14.8. The molecule has 1 aromatic carbocycles. The molecule has 2 rings (SSSR count). The highest BCUT2D eigenvalue weighted by atomic mass is 19.4. The van der Waals surface area contributed by atoms with Gasteiger partial charge in [0.15, 0.2) is 0 Å². The van der Waals surface area contributed by atoms with E-state index in [9.17, 15) is 13.2 Å². The third-order valence-corrected chi connectivity index (χ3v) is 3.94. The molecule has 1 saturated carbocycles. The molecule has 1 aromatic rings. The van der Waals surface area contributed by atoms with E-state index >= 15 is 0 Å². The van der Waals surface area contributed by atoms with Gasteiger partial charge in [-0.1, -0.05) is 18.6 Å². The van der Waals surface area contributed by atoms with Crippen molar-refractivity contribution in [3.05, 3.63) is 35.4 Å². The van der Waals surface area contributed by atoms with E-state index in [4.69, 9.17) is 5.73 Å². The van der Waals surface area contributed by atoms with E-state index in [1.807, 2.05) is 6.92 Å². The summed E-state index contributed by atoms with van der Waals surface area (Å²) in [5.74, 6) is 0.